The summed E-state index contributed by atoms with van der Waals surface area (Å²) in [6, 6.07) is 8.11. The molecule has 0 unspecified atom stereocenters. The SMILES string of the molecule is Cc1ccc(Br)c(NCc2ccncn2)c1. The zero-order valence-corrected chi connectivity index (χ0v) is 10.5. The van der Waals surface area contributed by atoms with Crippen LogP contribution in [0.25, 0.3) is 0 Å². The van der Waals surface area contributed by atoms with Crippen molar-refractivity contribution in [3.63, 3.8) is 0 Å². The van der Waals surface area contributed by atoms with Crippen molar-refractivity contribution >= 4 is 21.6 Å². The lowest BCUT2D eigenvalue weighted by Gasteiger charge is -2.08. The molecule has 0 aliphatic rings. The summed E-state index contributed by atoms with van der Waals surface area (Å²) in [7, 11) is 0. The highest BCUT2D eigenvalue weighted by Gasteiger charge is 2.00. The summed E-state index contributed by atoms with van der Waals surface area (Å²) in [4.78, 5) is 8.04. The third kappa shape index (κ3) is 2.79. The van der Waals surface area contributed by atoms with Crippen molar-refractivity contribution in [1.29, 1.82) is 0 Å². The molecule has 0 amide bonds. The Morgan fingerprint density at radius 2 is 2.19 bits per heavy atom. The van der Waals surface area contributed by atoms with Gasteiger partial charge in [-0.1, -0.05) is 6.07 Å². The van der Waals surface area contributed by atoms with E-state index in [1.165, 1.54) is 5.56 Å². The van der Waals surface area contributed by atoms with Crippen LogP contribution in [-0.4, -0.2) is 9.97 Å². The van der Waals surface area contributed by atoms with E-state index in [4.69, 9.17) is 0 Å². The molecule has 0 fully saturated rings. The van der Waals surface area contributed by atoms with Crippen LogP contribution in [0.1, 0.15) is 11.3 Å². The summed E-state index contributed by atoms with van der Waals surface area (Å²) >= 11 is 3.51. The first kappa shape index (κ1) is 11.1. The molecule has 1 aromatic heterocycles. The summed E-state index contributed by atoms with van der Waals surface area (Å²) < 4.78 is 1.06. The van der Waals surface area contributed by atoms with E-state index in [1.807, 2.05) is 12.1 Å². The number of nitrogens with zero attached hydrogens (tertiary/aromatic N) is 2. The molecule has 1 aromatic carbocycles. The van der Waals surface area contributed by atoms with Crippen LogP contribution in [0.5, 0.6) is 0 Å². The summed E-state index contributed by atoms with van der Waals surface area (Å²) in [5.74, 6) is 0. The van der Waals surface area contributed by atoms with Gasteiger partial charge in [0.15, 0.2) is 0 Å². The lowest BCUT2D eigenvalue weighted by Crippen LogP contribution is -2.02. The van der Waals surface area contributed by atoms with E-state index >= 15 is 0 Å². The summed E-state index contributed by atoms with van der Waals surface area (Å²) in [6.07, 6.45) is 3.30. The average Bonchev–Trinajstić information content (AvgIpc) is 2.32. The molecule has 0 saturated heterocycles. The molecule has 1 heterocycles. The van der Waals surface area contributed by atoms with E-state index in [0.29, 0.717) is 6.54 Å². The van der Waals surface area contributed by atoms with Gasteiger partial charge in [-0.05, 0) is 46.6 Å². The predicted molar refractivity (Wildman–Crippen MR) is 68.2 cm³/mol. The Morgan fingerprint density at radius 1 is 1.31 bits per heavy atom. The van der Waals surface area contributed by atoms with Crippen molar-refractivity contribution in [3.8, 4) is 0 Å². The van der Waals surface area contributed by atoms with Crippen molar-refractivity contribution < 1.29 is 0 Å². The van der Waals surface area contributed by atoms with Crippen molar-refractivity contribution in [3.05, 3.63) is 52.5 Å². The molecule has 2 rings (SSSR count). The number of aromatic nitrogens is 2. The fourth-order valence-corrected chi connectivity index (χ4v) is 1.77. The highest BCUT2D eigenvalue weighted by molar-refractivity contribution is 9.10. The minimum Gasteiger partial charge on any atom is -0.378 e. The zero-order chi connectivity index (χ0) is 11.4. The molecule has 0 aliphatic heterocycles. The van der Waals surface area contributed by atoms with Crippen molar-refractivity contribution in [2.75, 3.05) is 5.32 Å². The maximum absolute atomic E-state index is 4.16. The lowest BCUT2D eigenvalue weighted by molar-refractivity contribution is 1.00. The first-order chi connectivity index (χ1) is 7.75. The molecule has 0 saturated carbocycles. The van der Waals surface area contributed by atoms with E-state index in [9.17, 15) is 0 Å². The van der Waals surface area contributed by atoms with Crippen LogP contribution < -0.4 is 5.32 Å². The molecule has 4 heteroatoms. The third-order valence-electron chi connectivity index (χ3n) is 2.23. The topological polar surface area (TPSA) is 37.8 Å². The number of anilines is 1. The number of nitrogens with one attached hydrogen (secondary N) is 1. The molecule has 0 aliphatic carbocycles. The van der Waals surface area contributed by atoms with Gasteiger partial charge < -0.3 is 5.32 Å². The number of hydrogen-bond acceptors (Lipinski definition) is 3. The smallest absolute Gasteiger partial charge is 0.115 e. The van der Waals surface area contributed by atoms with Gasteiger partial charge in [0.05, 0.1) is 12.2 Å². The van der Waals surface area contributed by atoms with Crippen LogP contribution in [0, 0.1) is 6.92 Å². The van der Waals surface area contributed by atoms with Crippen molar-refractivity contribution in [2.24, 2.45) is 0 Å². The second-order valence-electron chi connectivity index (χ2n) is 3.54. The van der Waals surface area contributed by atoms with Crippen LogP contribution >= 0.6 is 15.9 Å². The molecule has 2 aromatic rings. The monoisotopic (exact) mass is 277 g/mol. The van der Waals surface area contributed by atoms with E-state index in [0.717, 1.165) is 15.9 Å². The predicted octanol–water partition coefficient (Wildman–Crippen LogP) is 3.16. The van der Waals surface area contributed by atoms with Crippen LogP contribution in [-0.2, 0) is 6.54 Å². The number of halogens is 1. The highest BCUT2D eigenvalue weighted by atomic mass is 79.9. The number of benzene rings is 1. The van der Waals surface area contributed by atoms with Crippen molar-refractivity contribution in [2.45, 2.75) is 13.5 Å². The quantitative estimate of drug-likeness (QED) is 0.937. The first-order valence-corrected chi connectivity index (χ1v) is 5.80. The van der Waals surface area contributed by atoms with Crippen LogP contribution in [0.2, 0.25) is 0 Å². The fourth-order valence-electron chi connectivity index (χ4n) is 1.38. The molecule has 0 bridgehead atoms. The van der Waals surface area contributed by atoms with Crippen LogP contribution in [0.3, 0.4) is 0 Å². The molecular formula is C12H12BrN3. The van der Waals surface area contributed by atoms with Gasteiger partial charge in [0, 0.05) is 16.4 Å². The molecule has 0 spiro atoms. The normalized spacial score (nSPS) is 10.1. The average molecular weight is 278 g/mol. The van der Waals surface area contributed by atoms with Crippen LogP contribution in [0.4, 0.5) is 5.69 Å². The Balaban J connectivity index is 2.08. The standard InChI is InChI=1S/C12H12BrN3/c1-9-2-3-11(13)12(6-9)15-7-10-4-5-14-8-16-10/h2-6,8,15H,7H2,1H3. The van der Waals surface area contributed by atoms with Gasteiger partial charge in [0.2, 0.25) is 0 Å². The second kappa shape index (κ2) is 5.07. The fraction of sp³-hybridized carbons (Fsp3) is 0.167. The maximum Gasteiger partial charge on any atom is 0.115 e. The first-order valence-electron chi connectivity index (χ1n) is 5.00. The summed E-state index contributed by atoms with van der Waals surface area (Å²) in [6.45, 7) is 2.77. The minimum absolute atomic E-state index is 0.699. The van der Waals surface area contributed by atoms with E-state index in [1.54, 1.807) is 12.5 Å². The van der Waals surface area contributed by atoms with E-state index < -0.39 is 0 Å². The Morgan fingerprint density at radius 3 is 2.94 bits per heavy atom. The molecule has 1 N–H and O–H groups in total. The molecule has 3 nitrogen and oxygen atoms in total. The van der Waals surface area contributed by atoms with Gasteiger partial charge in [0.1, 0.15) is 6.33 Å². The van der Waals surface area contributed by atoms with Gasteiger partial charge >= 0.3 is 0 Å². The Kier molecular flexibility index (Phi) is 3.51. The van der Waals surface area contributed by atoms with Gasteiger partial charge in [-0.2, -0.15) is 0 Å². The van der Waals surface area contributed by atoms with E-state index in [2.05, 4.69) is 50.3 Å². The Bertz CT molecular complexity index is 471. The molecule has 82 valence electrons. The molecule has 16 heavy (non-hydrogen) atoms. The van der Waals surface area contributed by atoms with Gasteiger partial charge in [-0.15, -0.1) is 0 Å². The second-order valence-corrected chi connectivity index (χ2v) is 4.39. The van der Waals surface area contributed by atoms with E-state index in [-0.39, 0.29) is 0 Å². The zero-order valence-electron chi connectivity index (χ0n) is 8.94. The number of hydrogen-bond donors (Lipinski definition) is 1. The molecular weight excluding hydrogens is 266 g/mol. The highest BCUT2D eigenvalue weighted by Crippen LogP contribution is 2.23. The Hall–Kier alpha value is -1.42. The van der Waals surface area contributed by atoms with Crippen molar-refractivity contribution in [1.82, 2.24) is 9.97 Å². The number of rotatable bonds is 3. The third-order valence-corrected chi connectivity index (χ3v) is 2.92. The number of aryl methyl sites for hydroxylation is 1. The van der Waals surface area contributed by atoms with Gasteiger partial charge in [0.25, 0.3) is 0 Å². The summed E-state index contributed by atoms with van der Waals surface area (Å²) in [5.41, 5.74) is 3.29. The Labute approximate surface area is 103 Å². The molecule has 0 radical (unpaired) electrons. The molecule has 0 atom stereocenters. The largest absolute Gasteiger partial charge is 0.378 e. The maximum atomic E-state index is 4.16. The van der Waals surface area contributed by atoms with Gasteiger partial charge in [-0.3, -0.25) is 0 Å². The minimum atomic E-state index is 0.699. The van der Waals surface area contributed by atoms with Crippen LogP contribution in [0.15, 0.2) is 41.3 Å². The van der Waals surface area contributed by atoms with Gasteiger partial charge in [-0.25, -0.2) is 9.97 Å². The lowest BCUT2D eigenvalue weighted by atomic mass is 10.2. The summed E-state index contributed by atoms with van der Waals surface area (Å²) in [5, 5.41) is 3.33.